The minimum Gasteiger partial charge on any atom is -0.465 e. The van der Waals surface area contributed by atoms with Crippen molar-refractivity contribution in [3.8, 4) is 0 Å². The summed E-state index contributed by atoms with van der Waals surface area (Å²) >= 11 is 0.873. The third-order valence-corrected chi connectivity index (χ3v) is 2.27. The molecule has 0 aliphatic carbocycles. The van der Waals surface area contributed by atoms with E-state index in [0.717, 1.165) is 11.8 Å². The van der Waals surface area contributed by atoms with Crippen LogP contribution in [0.3, 0.4) is 0 Å². The average Bonchev–Trinajstić information content (AvgIpc) is 2.63. The lowest BCUT2D eigenvalue weighted by Crippen LogP contribution is -2.17. The summed E-state index contributed by atoms with van der Waals surface area (Å²) in [4.78, 5) is 22.2. The summed E-state index contributed by atoms with van der Waals surface area (Å²) < 4.78 is 5.00. The molecule has 0 spiro atoms. The molecule has 0 bridgehead atoms. The molecular weight excluding hydrogens is 190 g/mol. The van der Waals surface area contributed by atoms with Crippen LogP contribution in [0, 0.1) is 0 Å². The van der Waals surface area contributed by atoms with Gasteiger partial charge in [0.15, 0.2) is 0 Å². The second-order valence-electron chi connectivity index (χ2n) is 2.37. The van der Waals surface area contributed by atoms with Crippen molar-refractivity contribution in [1.29, 1.82) is 0 Å². The first-order valence-corrected chi connectivity index (χ1v) is 4.36. The monoisotopic (exact) mass is 195 g/mol. The van der Waals surface area contributed by atoms with Crippen LogP contribution in [0.5, 0.6) is 0 Å². The molecule has 13 heavy (non-hydrogen) atoms. The Morgan fingerprint density at radius 1 is 1.46 bits per heavy atom. The number of furan rings is 1. The SMILES string of the molecule is O=C1NC(=O)/C(=C\c2ccco2)S1. The van der Waals surface area contributed by atoms with E-state index in [9.17, 15) is 9.59 Å². The summed E-state index contributed by atoms with van der Waals surface area (Å²) in [6.07, 6.45) is 3.04. The molecule has 2 amide bonds. The Bertz CT molecular complexity index is 380. The van der Waals surface area contributed by atoms with Gasteiger partial charge in [-0.2, -0.15) is 0 Å². The standard InChI is InChI=1S/C8H5NO3S/c10-7-6(13-8(11)9-7)4-5-2-1-3-12-5/h1-4H,(H,9,10,11)/b6-4+. The maximum atomic E-state index is 11.0. The van der Waals surface area contributed by atoms with E-state index in [1.165, 1.54) is 12.3 Å². The van der Waals surface area contributed by atoms with Gasteiger partial charge in [-0.25, -0.2) is 0 Å². The first kappa shape index (κ1) is 8.12. The molecule has 0 saturated carbocycles. The van der Waals surface area contributed by atoms with E-state index in [4.69, 9.17) is 4.42 Å². The third kappa shape index (κ3) is 1.65. The summed E-state index contributed by atoms with van der Waals surface area (Å²) in [6, 6.07) is 3.43. The van der Waals surface area contributed by atoms with E-state index in [1.807, 2.05) is 0 Å². The zero-order valence-corrected chi connectivity index (χ0v) is 7.26. The summed E-state index contributed by atoms with van der Waals surface area (Å²) in [5, 5.41) is 1.81. The fraction of sp³-hybridized carbons (Fsp3) is 0. The topological polar surface area (TPSA) is 59.3 Å². The number of imide groups is 1. The molecular formula is C8H5NO3S. The fourth-order valence-electron chi connectivity index (χ4n) is 0.924. The number of hydrogen-bond acceptors (Lipinski definition) is 4. The second kappa shape index (κ2) is 3.10. The third-order valence-electron chi connectivity index (χ3n) is 1.46. The van der Waals surface area contributed by atoms with Crippen molar-refractivity contribution in [3.63, 3.8) is 0 Å². The molecule has 1 aliphatic rings. The Morgan fingerprint density at radius 3 is 2.85 bits per heavy atom. The van der Waals surface area contributed by atoms with Crippen molar-refractivity contribution in [3.05, 3.63) is 29.1 Å². The van der Waals surface area contributed by atoms with E-state index in [2.05, 4.69) is 5.32 Å². The number of rotatable bonds is 1. The van der Waals surface area contributed by atoms with Gasteiger partial charge in [0.1, 0.15) is 5.76 Å². The Hall–Kier alpha value is -1.49. The summed E-state index contributed by atoms with van der Waals surface area (Å²) in [6.45, 7) is 0. The largest absolute Gasteiger partial charge is 0.465 e. The molecule has 1 aliphatic heterocycles. The van der Waals surface area contributed by atoms with Crippen molar-refractivity contribution in [2.24, 2.45) is 0 Å². The highest BCUT2D eigenvalue weighted by molar-refractivity contribution is 8.18. The fourth-order valence-corrected chi connectivity index (χ4v) is 1.59. The Kier molecular flexibility index (Phi) is 1.94. The zero-order valence-electron chi connectivity index (χ0n) is 6.44. The van der Waals surface area contributed by atoms with Crippen LogP contribution in [0.15, 0.2) is 27.7 Å². The van der Waals surface area contributed by atoms with Gasteiger partial charge in [-0.05, 0) is 23.9 Å². The van der Waals surface area contributed by atoms with Crippen molar-refractivity contribution >= 4 is 29.0 Å². The molecule has 2 rings (SSSR count). The van der Waals surface area contributed by atoms with Crippen LogP contribution in [-0.4, -0.2) is 11.1 Å². The molecule has 0 unspecified atom stereocenters. The van der Waals surface area contributed by atoms with Gasteiger partial charge in [-0.15, -0.1) is 0 Å². The van der Waals surface area contributed by atoms with Crippen molar-refractivity contribution < 1.29 is 14.0 Å². The van der Waals surface area contributed by atoms with E-state index >= 15 is 0 Å². The van der Waals surface area contributed by atoms with Gasteiger partial charge in [0.2, 0.25) is 0 Å². The number of carbonyl (C=O) groups is 2. The average molecular weight is 195 g/mol. The van der Waals surface area contributed by atoms with E-state index in [1.54, 1.807) is 12.1 Å². The van der Waals surface area contributed by atoms with Crippen LogP contribution >= 0.6 is 11.8 Å². The maximum Gasteiger partial charge on any atom is 0.290 e. The molecule has 1 aromatic rings. The van der Waals surface area contributed by atoms with Gasteiger partial charge < -0.3 is 4.42 Å². The summed E-state index contributed by atoms with van der Waals surface area (Å²) in [7, 11) is 0. The highest BCUT2D eigenvalue weighted by Gasteiger charge is 2.25. The Morgan fingerprint density at radius 2 is 2.31 bits per heavy atom. The summed E-state index contributed by atoms with van der Waals surface area (Å²) in [5.74, 6) is 0.193. The van der Waals surface area contributed by atoms with Gasteiger partial charge in [-0.3, -0.25) is 14.9 Å². The molecule has 1 N–H and O–H groups in total. The molecule has 0 radical (unpaired) electrons. The smallest absolute Gasteiger partial charge is 0.290 e. The molecule has 2 heterocycles. The van der Waals surface area contributed by atoms with Crippen LogP contribution in [0.25, 0.3) is 6.08 Å². The van der Waals surface area contributed by atoms with Crippen LogP contribution in [-0.2, 0) is 4.79 Å². The van der Waals surface area contributed by atoms with Crippen molar-refractivity contribution in [2.75, 3.05) is 0 Å². The molecule has 1 aromatic heterocycles. The normalized spacial score (nSPS) is 19.5. The lowest BCUT2D eigenvalue weighted by Gasteiger charge is -1.87. The summed E-state index contributed by atoms with van der Waals surface area (Å²) in [5.41, 5.74) is 0. The molecule has 5 heteroatoms. The molecule has 66 valence electrons. The Labute approximate surface area is 78.0 Å². The van der Waals surface area contributed by atoms with Crippen molar-refractivity contribution in [1.82, 2.24) is 5.32 Å². The van der Waals surface area contributed by atoms with Gasteiger partial charge in [-0.1, -0.05) is 0 Å². The van der Waals surface area contributed by atoms with Crippen LogP contribution in [0.4, 0.5) is 4.79 Å². The van der Waals surface area contributed by atoms with Crippen molar-refractivity contribution in [2.45, 2.75) is 0 Å². The number of amides is 2. The van der Waals surface area contributed by atoms with Gasteiger partial charge >= 0.3 is 0 Å². The van der Waals surface area contributed by atoms with Crippen LogP contribution < -0.4 is 5.32 Å². The van der Waals surface area contributed by atoms with E-state index in [-0.39, 0.29) is 11.1 Å². The van der Waals surface area contributed by atoms with Crippen LogP contribution in [0.2, 0.25) is 0 Å². The molecule has 0 aromatic carbocycles. The highest BCUT2D eigenvalue weighted by atomic mass is 32.2. The van der Waals surface area contributed by atoms with Gasteiger partial charge in [0.05, 0.1) is 11.2 Å². The highest BCUT2D eigenvalue weighted by Crippen LogP contribution is 2.25. The molecule has 1 fully saturated rings. The number of carbonyl (C=O) groups excluding carboxylic acids is 2. The minimum atomic E-state index is -0.369. The minimum absolute atomic E-state index is 0.345. The molecule has 0 atom stereocenters. The predicted octanol–water partition coefficient (Wildman–Crippen LogP) is 1.60. The zero-order chi connectivity index (χ0) is 9.26. The molecule has 1 saturated heterocycles. The number of hydrogen-bond donors (Lipinski definition) is 1. The lowest BCUT2D eigenvalue weighted by molar-refractivity contribution is -0.115. The second-order valence-corrected chi connectivity index (χ2v) is 3.38. The van der Waals surface area contributed by atoms with Gasteiger partial charge in [0, 0.05) is 6.08 Å². The molecule has 4 nitrogen and oxygen atoms in total. The first-order chi connectivity index (χ1) is 6.25. The van der Waals surface area contributed by atoms with E-state index < -0.39 is 0 Å². The lowest BCUT2D eigenvalue weighted by atomic mass is 10.4. The van der Waals surface area contributed by atoms with Gasteiger partial charge in [0.25, 0.3) is 11.1 Å². The van der Waals surface area contributed by atoms with Crippen LogP contribution in [0.1, 0.15) is 5.76 Å². The Balaban J connectivity index is 2.27. The first-order valence-electron chi connectivity index (χ1n) is 3.54. The maximum absolute atomic E-state index is 11.0. The number of nitrogens with one attached hydrogen (secondary N) is 1. The predicted molar refractivity (Wildman–Crippen MR) is 47.8 cm³/mol. The quantitative estimate of drug-likeness (QED) is 0.691. The van der Waals surface area contributed by atoms with E-state index in [0.29, 0.717) is 10.7 Å². The number of thioether (sulfide) groups is 1.